The lowest BCUT2D eigenvalue weighted by molar-refractivity contribution is 0.486. The van der Waals surface area contributed by atoms with Gasteiger partial charge in [0.05, 0.1) is 40.9 Å². The third-order valence-corrected chi connectivity index (χ3v) is 5.51. The fourth-order valence-corrected chi connectivity index (χ4v) is 4.09. The van der Waals surface area contributed by atoms with Gasteiger partial charge in [0.15, 0.2) is 5.75 Å². The summed E-state index contributed by atoms with van der Waals surface area (Å²) in [5.41, 5.74) is 3.59. The first kappa shape index (κ1) is 21.6. The fraction of sp³-hybridized carbons (Fsp3) is 0.0500. The Labute approximate surface area is 191 Å². The molecule has 0 fully saturated rings. The van der Waals surface area contributed by atoms with Gasteiger partial charge in [0.1, 0.15) is 12.7 Å². The van der Waals surface area contributed by atoms with Crippen molar-refractivity contribution in [2.75, 3.05) is 5.01 Å². The summed E-state index contributed by atoms with van der Waals surface area (Å²) < 4.78 is 34.5. The number of aromatic nitrogens is 3. The van der Waals surface area contributed by atoms with Crippen molar-refractivity contribution in [3.05, 3.63) is 83.2 Å². The second-order valence-corrected chi connectivity index (χ2v) is 8.60. The van der Waals surface area contributed by atoms with Crippen LogP contribution in [0.4, 0.5) is 5.69 Å². The number of furan rings is 1. The molecule has 0 aliphatic rings. The first-order chi connectivity index (χ1) is 15.3. The van der Waals surface area contributed by atoms with Crippen LogP contribution in [0.2, 0.25) is 0 Å². The zero-order valence-corrected chi connectivity index (χ0v) is 18.7. The molecule has 0 radical (unpaired) electrons. The van der Waals surface area contributed by atoms with Crippen LogP contribution in [0.1, 0.15) is 11.1 Å². The summed E-state index contributed by atoms with van der Waals surface area (Å²) >= 11 is 3.31. The Bertz CT molecular complexity index is 1380. The third kappa shape index (κ3) is 4.80. The molecule has 4 aromatic rings. The summed E-state index contributed by atoms with van der Waals surface area (Å²) in [7, 11) is -4.14. The van der Waals surface area contributed by atoms with Gasteiger partial charge in [-0.1, -0.05) is 6.07 Å². The molecule has 32 heavy (non-hydrogen) atoms. The highest BCUT2D eigenvalue weighted by Gasteiger charge is 2.16. The van der Waals surface area contributed by atoms with E-state index in [2.05, 4.69) is 32.2 Å². The zero-order valence-electron chi connectivity index (χ0n) is 16.3. The molecule has 0 aliphatic heterocycles. The predicted molar refractivity (Wildman–Crippen MR) is 118 cm³/mol. The molecule has 2 aromatic heterocycles. The summed E-state index contributed by atoms with van der Waals surface area (Å²) in [6, 6.07) is 14.3. The van der Waals surface area contributed by atoms with Gasteiger partial charge >= 0.3 is 10.3 Å². The first-order valence-electron chi connectivity index (χ1n) is 9.04. The number of nitriles is 1. The molecule has 2 aromatic carbocycles. The monoisotopic (exact) mass is 514 g/mol. The van der Waals surface area contributed by atoms with E-state index in [1.165, 1.54) is 6.07 Å². The van der Waals surface area contributed by atoms with E-state index in [4.69, 9.17) is 13.7 Å². The quantitative estimate of drug-likeness (QED) is 0.396. The number of anilines is 1. The van der Waals surface area contributed by atoms with Crippen LogP contribution in [0, 0.1) is 11.3 Å². The Morgan fingerprint density at radius 2 is 1.97 bits per heavy atom. The number of halogens is 1. The Balaban J connectivity index is 1.72. The molecule has 0 amide bonds. The van der Waals surface area contributed by atoms with E-state index in [1.807, 2.05) is 17.1 Å². The van der Waals surface area contributed by atoms with E-state index < -0.39 is 10.3 Å². The lowest BCUT2D eigenvalue weighted by Crippen LogP contribution is -2.28. The number of rotatable bonds is 7. The number of hydrogen-bond acceptors (Lipinski definition) is 8. The van der Waals surface area contributed by atoms with E-state index in [-0.39, 0.29) is 5.75 Å². The van der Waals surface area contributed by atoms with Crippen molar-refractivity contribution in [2.45, 2.75) is 6.54 Å². The van der Waals surface area contributed by atoms with Gasteiger partial charge in [-0.2, -0.15) is 18.8 Å². The molecule has 2 heterocycles. The van der Waals surface area contributed by atoms with E-state index in [0.717, 1.165) is 22.4 Å². The van der Waals surface area contributed by atoms with Crippen molar-refractivity contribution in [3.63, 3.8) is 0 Å². The molecule has 0 saturated carbocycles. The average Bonchev–Trinajstić information content (AvgIpc) is 3.47. The highest BCUT2D eigenvalue weighted by molar-refractivity contribution is 9.10. The molecule has 0 atom stereocenters. The SMILES string of the molecule is N#Cc1ccc(N(Cc2ccc(OS(N)(=O)=O)c(Br)c2)n2cnnc2)cc1-c1ccoc1. The maximum absolute atomic E-state index is 11.2. The number of hydrogen-bond donors (Lipinski definition) is 1. The maximum Gasteiger partial charge on any atom is 0.380 e. The minimum Gasteiger partial charge on any atom is -0.472 e. The van der Waals surface area contributed by atoms with Crippen molar-refractivity contribution in [1.29, 1.82) is 5.26 Å². The molecular formula is C20H15BrN6O4S. The second kappa shape index (κ2) is 8.83. The summed E-state index contributed by atoms with van der Waals surface area (Å²) in [5, 5.41) is 24.1. The third-order valence-electron chi connectivity index (χ3n) is 4.47. The van der Waals surface area contributed by atoms with Crippen LogP contribution in [0.25, 0.3) is 11.1 Å². The van der Waals surface area contributed by atoms with Crippen LogP contribution in [-0.2, 0) is 16.8 Å². The van der Waals surface area contributed by atoms with Gasteiger partial charge in [-0.15, -0.1) is 10.2 Å². The Hall–Kier alpha value is -3.66. The van der Waals surface area contributed by atoms with Crippen LogP contribution >= 0.6 is 15.9 Å². The minimum atomic E-state index is -4.14. The largest absolute Gasteiger partial charge is 0.472 e. The van der Waals surface area contributed by atoms with Gasteiger partial charge in [0.2, 0.25) is 0 Å². The van der Waals surface area contributed by atoms with E-state index in [9.17, 15) is 13.7 Å². The van der Waals surface area contributed by atoms with Crippen LogP contribution in [-0.4, -0.2) is 23.3 Å². The fourth-order valence-electron chi connectivity index (χ4n) is 3.08. The van der Waals surface area contributed by atoms with Gasteiger partial charge in [0, 0.05) is 11.1 Å². The van der Waals surface area contributed by atoms with Crippen molar-refractivity contribution in [1.82, 2.24) is 14.9 Å². The van der Waals surface area contributed by atoms with Crippen LogP contribution in [0.15, 0.2) is 76.5 Å². The molecule has 0 unspecified atom stereocenters. The van der Waals surface area contributed by atoms with Crippen molar-refractivity contribution in [3.8, 4) is 22.9 Å². The molecule has 0 aliphatic carbocycles. The van der Waals surface area contributed by atoms with Crippen molar-refractivity contribution >= 4 is 31.9 Å². The maximum atomic E-state index is 11.2. The van der Waals surface area contributed by atoms with Crippen LogP contribution < -0.4 is 14.3 Å². The lowest BCUT2D eigenvalue weighted by atomic mass is 10.0. The van der Waals surface area contributed by atoms with E-state index in [1.54, 1.807) is 54.1 Å². The van der Waals surface area contributed by atoms with Crippen molar-refractivity contribution < 1.29 is 17.0 Å². The number of nitrogens with two attached hydrogens (primary N) is 1. The van der Waals surface area contributed by atoms with Gasteiger partial charge in [-0.25, -0.2) is 4.68 Å². The Kier molecular flexibility index (Phi) is 5.95. The number of benzene rings is 2. The van der Waals surface area contributed by atoms with Gasteiger partial charge in [-0.05, 0) is 57.9 Å². The molecule has 0 spiro atoms. The van der Waals surface area contributed by atoms with E-state index >= 15 is 0 Å². The molecular weight excluding hydrogens is 500 g/mol. The average molecular weight is 515 g/mol. The zero-order chi connectivity index (χ0) is 22.7. The lowest BCUT2D eigenvalue weighted by Gasteiger charge is -2.26. The predicted octanol–water partition coefficient (Wildman–Crippen LogP) is 3.22. The van der Waals surface area contributed by atoms with Gasteiger partial charge in [-0.3, -0.25) is 5.01 Å². The molecule has 0 bridgehead atoms. The molecule has 4 rings (SSSR count). The normalized spacial score (nSPS) is 11.2. The van der Waals surface area contributed by atoms with Crippen LogP contribution in [0.5, 0.6) is 5.75 Å². The number of nitrogens with zero attached hydrogens (tertiary/aromatic N) is 5. The standard InChI is InChI=1S/C20H15BrN6O4S/c21-19-7-14(1-4-20(19)31-32(23,28)29)10-27(26-12-24-25-13-26)17-3-2-15(9-22)18(8-17)16-5-6-30-11-16/h1-8,11-13H,10H2,(H2,23,28,29). The second-order valence-electron chi connectivity index (χ2n) is 6.59. The smallest absolute Gasteiger partial charge is 0.380 e. The van der Waals surface area contributed by atoms with E-state index in [0.29, 0.717) is 16.6 Å². The van der Waals surface area contributed by atoms with Crippen molar-refractivity contribution in [2.24, 2.45) is 5.14 Å². The Morgan fingerprint density at radius 1 is 1.19 bits per heavy atom. The summed E-state index contributed by atoms with van der Waals surface area (Å²) in [6.07, 6.45) is 6.21. The highest BCUT2D eigenvalue weighted by atomic mass is 79.9. The van der Waals surface area contributed by atoms with Gasteiger partial charge in [0.25, 0.3) is 0 Å². The molecule has 0 saturated heterocycles. The summed E-state index contributed by atoms with van der Waals surface area (Å²) in [4.78, 5) is 0. The molecule has 10 nitrogen and oxygen atoms in total. The molecule has 2 N–H and O–H groups in total. The van der Waals surface area contributed by atoms with Crippen LogP contribution in [0.3, 0.4) is 0 Å². The summed E-state index contributed by atoms with van der Waals surface area (Å²) in [5.74, 6) is 0.0766. The van der Waals surface area contributed by atoms with Gasteiger partial charge < -0.3 is 8.60 Å². The summed E-state index contributed by atoms with van der Waals surface area (Å²) in [6.45, 7) is 0.364. The Morgan fingerprint density at radius 3 is 2.59 bits per heavy atom. The highest BCUT2D eigenvalue weighted by Crippen LogP contribution is 2.31. The topological polar surface area (TPSA) is 140 Å². The molecule has 12 heteroatoms. The molecule has 162 valence electrons. The first-order valence-corrected chi connectivity index (χ1v) is 11.3. The minimum absolute atomic E-state index is 0.0766.